The number of pyridine rings is 1. The summed E-state index contributed by atoms with van der Waals surface area (Å²) in [5, 5.41) is 20.9. The van der Waals surface area contributed by atoms with Crippen molar-refractivity contribution in [1.29, 1.82) is 0 Å². The molecule has 2 aromatic carbocycles. The summed E-state index contributed by atoms with van der Waals surface area (Å²) < 4.78 is 13.0. The molecule has 0 aliphatic rings. The first kappa shape index (κ1) is 21.1. The number of carbonyl (C=O) groups excluding carboxylic acids is 1. The van der Waals surface area contributed by atoms with Crippen LogP contribution < -0.4 is 9.47 Å². The molecule has 7 nitrogen and oxygen atoms in total. The lowest BCUT2D eigenvalue weighted by Gasteiger charge is -2.14. The van der Waals surface area contributed by atoms with Crippen molar-refractivity contribution in [1.82, 2.24) is 14.6 Å². The number of aryl methyl sites for hydroxylation is 1. The average molecular weight is 438 g/mol. The van der Waals surface area contributed by atoms with Crippen LogP contribution in [-0.2, 0) is 0 Å². The standard InChI is InChI=1S/C23H23N3O4S/c1-14-10-22-24-25-23(26(22)19-7-5-4-6-18(14)19)31-13-17(28)12-30-20-9-8-16(15(2)27)11-21(20)29-3/h4-11,17,28H,12-13H2,1-3H3. The van der Waals surface area contributed by atoms with Gasteiger partial charge in [-0.1, -0.05) is 30.0 Å². The first-order valence-electron chi connectivity index (χ1n) is 9.84. The molecule has 31 heavy (non-hydrogen) atoms. The molecule has 4 rings (SSSR count). The van der Waals surface area contributed by atoms with E-state index in [1.807, 2.05) is 28.7 Å². The highest BCUT2D eigenvalue weighted by Gasteiger charge is 2.15. The van der Waals surface area contributed by atoms with E-state index in [2.05, 4.69) is 23.2 Å². The number of ether oxygens (including phenoxy) is 2. The molecule has 2 heterocycles. The fourth-order valence-electron chi connectivity index (χ4n) is 3.38. The zero-order valence-electron chi connectivity index (χ0n) is 17.5. The lowest BCUT2D eigenvalue weighted by atomic mass is 10.1. The number of carbonyl (C=O) groups is 1. The van der Waals surface area contributed by atoms with Crippen molar-refractivity contribution in [3.8, 4) is 11.5 Å². The van der Waals surface area contributed by atoms with E-state index in [1.54, 1.807) is 18.2 Å². The largest absolute Gasteiger partial charge is 0.493 e. The maximum Gasteiger partial charge on any atom is 0.196 e. The smallest absolute Gasteiger partial charge is 0.196 e. The number of aliphatic hydroxyl groups excluding tert-OH is 1. The van der Waals surface area contributed by atoms with Gasteiger partial charge in [-0.25, -0.2) is 0 Å². The number of Topliss-reactive ketones (excluding diaryl/α,β-unsaturated/α-hetero) is 1. The number of nitrogens with zero attached hydrogens (tertiary/aromatic N) is 3. The topological polar surface area (TPSA) is 86.0 Å². The molecule has 0 radical (unpaired) electrons. The quantitative estimate of drug-likeness (QED) is 0.330. The van der Waals surface area contributed by atoms with Gasteiger partial charge in [0.2, 0.25) is 0 Å². The van der Waals surface area contributed by atoms with Gasteiger partial charge in [0.05, 0.1) is 18.7 Å². The number of benzene rings is 2. The second-order valence-electron chi connectivity index (χ2n) is 7.22. The number of ketones is 1. The Balaban J connectivity index is 1.45. The van der Waals surface area contributed by atoms with E-state index in [-0.39, 0.29) is 12.4 Å². The molecule has 1 atom stereocenters. The van der Waals surface area contributed by atoms with Gasteiger partial charge in [-0.15, -0.1) is 10.2 Å². The number of hydrogen-bond donors (Lipinski definition) is 1. The minimum atomic E-state index is -0.730. The molecule has 8 heteroatoms. The molecule has 2 aromatic heterocycles. The first-order valence-corrected chi connectivity index (χ1v) is 10.8. The van der Waals surface area contributed by atoms with Gasteiger partial charge >= 0.3 is 0 Å². The Hall–Kier alpha value is -3.10. The Morgan fingerprint density at radius 3 is 2.74 bits per heavy atom. The zero-order chi connectivity index (χ0) is 22.0. The third-order valence-corrected chi connectivity index (χ3v) is 6.05. The summed E-state index contributed by atoms with van der Waals surface area (Å²) in [5.41, 5.74) is 3.50. The molecule has 1 unspecified atom stereocenters. The summed E-state index contributed by atoms with van der Waals surface area (Å²) in [6.07, 6.45) is -0.730. The summed E-state index contributed by atoms with van der Waals surface area (Å²) in [7, 11) is 1.51. The van der Waals surface area contributed by atoms with Crippen LogP contribution in [0.3, 0.4) is 0 Å². The summed E-state index contributed by atoms with van der Waals surface area (Å²) >= 11 is 1.42. The van der Waals surface area contributed by atoms with Gasteiger partial charge in [-0.05, 0) is 49.7 Å². The van der Waals surface area contributed by atoms with Crippen molar-refractivity contribution in [2.45, 2.75) is 25.1 Å². The third-order valence-electron chi connectivity index (χ3n) is 4.98. The Labute approximate surface area is 184 Å². The normalized spacial score (nSPS) is 12.3. The van der Waals surface area contributed by atoms with Crippen molar-refractivity contribution in [2.75, 3.05) is 19.5 Å². The molecule has 0 fully saturated rings. The number of rotatable bonds is 8. The van der Waals surface area contributed by atoms with E-state index < -0.39 is 6.10 Å². The van der Waals surface area contributed by atoms with Crippen LogP contribution in [0.2, 0.25) is 0 Å². The number of aliphatic hydroxyl groups is 1. The lowest BCUT2D eigenvalue weighted by molar-refractivity contribution is 0.101. The first-order chi connectivity index (χ1) is 15.0. The van der Waals surface area contributed by atoms with Crippen LogP contribution in [0, 0.1) is 6.92 Å². The van der Waals surface area contributed by atoms with Gasteiger partial charge in [0, 0.05) is 16.7 Å². The summed E-state index contributed by atoms with van der Waals surface area (Å²) in [4.78, 5) is 11.5. The van der Waals surface area contributed by atoms with Crippen LogP contribution >= 0.6 is 11.8 Å². The van der Waals surface area contributed by atoms with Gasteiger partial charge in [-0.3, -0.25) is 9.20 Å². The predicted octanol–water partition coefficient (Wildman–Crippen LogP) is 3.93. The van der Waals surface area contributed by atoms with Crippen molar-refractivity contribution in [2.24, 2.45) is 0 Å². The highest BCUT2D eigenvalue weighted by Crippen LogP contribution is 2.29. The molecule has 0 saturated carbocycles. The minimum absolute atomic E-state index is 0.0514. The number of aromatic nitrogens is 3. The van der Waals surface area contributed by atoms with E-state index in [0.717, 1.165) is 22.1 Å². The van der Waals surface area contributed by atoms with Crippen molar-refractivity contribution in [3.05, 3.63) is 59.7 Å². The molecule has 0 aliphatic heterocycles. The predicted molar refractivity (Wildman–Crippen MR) is 120 cm³/mol. The maximum atomic E-state index is 11.5. The second kappa shape index (κ2) is 8.95. The lowest BCUT2D eigenvalue weighted by Crippen LogP contribution is -2.20. The van der Waals surface area contributed by atoms with Crippen LogP contribution in [0.25, 0.3) is 16.6 Å². The average Bonchev–Trinajstić information content (AvgIpc) is 3.19. The fourth-order valence-corrected chi connectivity index (χ4v) is 4.24. The van der Waals surface area contributed by atoms with Gasteiger partial charge in [0.15, 0.2) is 28.1 Å². The Kier molecular flexibility index (Phi) is 6.11. The van der Waals surface area contributed by atoms with Crippen LogP contribution in [0.4, 0.5) is 0 Å². The molecular formula is C23H23N3O4S. The number of methoxy groups -OCH3 is 1. The van der Waals surface area contributed by atoms with Gasteiger partial charge in [-0.2, -0.15) is 0 Å². The monoisotopic (exact) mass is 437 g/mol. The summed E-state index contributed by atoms with van der Waals surface area (Å²) in [6, 6.07) is 15.1. The van der Waals surface area contributed by atoms with Crippen molar-refractivity contribution < 1.29 is 19.4 Å². The number of hydrogen-bond acceptors (Lipinski definition) is 7. The third kappa shape index (κ3) is 4.35. The Bertz CT molecular complexity index is 1250. The van der Waals surface area contributed by atoms with Crippen LogP contribution in [-0.4, -0.2) is 51.1 Å². The molecule has 0 amide bonds. The molecule has 160 valence electrons. The molecule has 4 aromatic rings. The zero-order valence-corrected chi connectivity index (χ0v) is 18.3. The molecule has 0 bridgehead atoms. The number of thioether (sulfide) groups is 1. The van der Waals surface area contributed by atoms with Crippen LogP contribution in [0.1, 0.15) is 22.8 Å². The second-order valence-corrected chi connectivity index (χ2v) is 8.21. The van der Waals surface area contributed by atoms with Crippen LogP contribution in [0.15, 0.2) is 53.7 Å². The number of fused-ring (bicyclic) bond motifs is 3. The van der Waals surface area contributed by atoms with E-state index >= 15 is 0 Å². The molecule has 0 saturated heterocycles. The van der Waals surface area contributed by atoms with E-state index in [9.17, 15) is 9.90 Å². The van der Waals surface area contributed by atoms with Gasteiger partial charge < -0.3 is 14.6 Å². The molecule has 0 spiro atoms. The van der Waals surface area contributed by atoms with Crippen LogP contribution in [0.5, 0.6) is 11.5 Å². The number of para-hydroxylation sites is 1. The van der Waals surface area contributed by atoms with Gasteiger partial charge in [0.1, 0.15) is 6.61 Å². The molecular weight excluding hydrogens is 414 g/mol. The highest BCUT2D eigenvalue weighted by molar-refractivity contribution is 7.99. The summed E-state index contributed by atoms with van der Waals surface area (Å²) in [5.74, 6) is 1.27. The Morgan fingerprint density at radius 2 is 1.97 bits per heavy atom. The highest BCUT2D eigenvalue weighted by atomic mass is 32.2. The van der Waals surface area contributed by atoms with E-state index in [4.69, 9.17) is 9.47 Å². The van der Waals surface area contributed by atoms with Crippen molar-refractivity contribution in [3.63, 3.8) is 0 Å². The minimum Gasteiger partial charge on any atom is -0.493 e. The fraction of sp³-hybridized carbons (Fsp3) is 0.261. The maximum absolute atomic E-state index is 11.5. The Morgan fingerprint density at radius 1 is 1.16 bits per heavy atom. The SMILES string of the molecule is COc1cc(C(C)=O)ccc1OCC(O)CSc1nnc2cc(C)c3ccccc3n12. The summed E-state index contributed by atoms with van der Waals surface area (Å²) in [6.45, 7) is 3.64. The van der Waals surface area contributed by atoms with Gasteiger partial charge in [0.25, 0.3) is 0 Å². The van der Waals surface area contributed by atoms with Crippen molar-refractivity contribution >= 4 is 34.1 Å². The molecule has 1 N–H and O–H groups in total. The molecule has 0 aliphatic carbocycles. The van der Waals surface area contributed by atoms with E-state index in [1.165, 1.54) is 25.8 Å². The van der Waals surface area contributed by atoms with E-state index in [0.29, 0.717) is 28.0 Å².